The second-order valence-corrected chi connectivity index (χ2v) is 5.30. The Balaban J connectivity index is 3.72. The van der Waals surface area contributed by atoms with E-state index in [0.29, 0.717) is 11.7 Å². The number of carbonyl (C=O) groups excluding carboxylic acids is 1. The van der Waals surface area contributed by atoms with Gasteiger partial charge in [-0.1, -0.05) is 27.7 Å². The number of carbonyl (C=O) groups is 1. The van der Waals surface area contributed by atoms with Crippen LogP contribution in [-0.2, 0) is 4.79 Å². The lowest BCUT2D eigenvalue weighted by Gasteiger charge is -2.13. The molecule has 0 aliphatic carbocycles. The van der Waals surface area contributed by atoms with E-state index >= 15 is 0 Å². The molecule has 12 heavy (non-hydrogen) atoms. The van der Waals surface area contributed by atoms with Crippen LogP contribution in [0.3, 0.4) is 0 Å². The fourth-order valence-corrected chi connectivity index (χ4v) is 2.00. The number of rotatable bonds is 5. The fraction of sp³-hybridized carbons (Fsp3) is 0.900. The Morgan fingerprint density at radius 2 is 1.67 bits per heavy atom. The molecule has 0 aromatic heterocycles. The Bertz CT molecular complexity index is 141. The van der Waals surface area contributed by atoms with Crippen LogP contribution < -0.4 is 0 Å². The van der Waals surface area contributed by atoms with E-state index in [2.05, 4.69) is 13.8 Å². The van der Waals surface area contributed by atoms with Gasteiger partial charge in [-0.3, -0.25) is 4.79 Å². The van der Waals surface area contributed by atoms with Crippen LogP contribution in [0.25, 0.3) is 0 Å². The molecule has 0 radical (unpaired) electrons. The molecule has 0 fully saturated rings. The van der Waals surface area contributed by atoms with Crippen LogP contribution in [-0.4, -0.2) is 16.8 Å². The minimum absolute atomic E-state index is 0.174. The Kier molecular flexibility index (Phi) is 5.64. The van der Waals surface area contributed by atoms with Gasteiger partial charge in [0.1, 0.15) is 5.78 Å². The van der Waals surface area contributed by atoms with Gasteiger partial charge in [0.15, 0.2) is 0 Å². The summed E-state index contributed by atoms with van der Waals surface area (Å²) in [6.07, 6.45) is 0. The topological polar surface area (TPSA) is 17.1 Å². The second-order valence-electron chi connectivity index (χ2n) is 3.93. The zero-order chi connectivity index (χ0) is 9.72. The highest BCUT2D eigenvalue weighted by molar-refractivity contribution is 8.00. The predicted octanol–water partition coefficient (Wildman–Crippen LogP) is 2.99. The molecule has 0 amide bonds. The van der Waals surface area contributed by atoms with Gasteiger partial charge in [0.2, 0.25) is 0 Å². The van der Waals surface area contributed by atoms with E-state index in [1.165, 1.54) is 0 Å². The smallest absolute Gasteiger partial charge is 0.148 e. The first-order valence-electron chi connectivity index (χ1n) is 4.60. The first-order valence-corrected chi connectivity index (χ1v) is 5.65. The summed E-state index contributed by atoms with van der Waals surface area (Å²) in [5, 5.41) is 0.174. The van der Waals surface area contributed by atoms with Crippen LogP contribution in [0.1, 0.15) is 34.6 Å². The van der Waals surface area contributed by atoms with E-state index < -0.39 is 0 Å². The highest BCUT2D eigenvalue weighted by atomic mass is 32.2. The van der Waals surface area contributed by atoms with Gasteiger partial charge < -0.3 is 0 Å². The summed E-state index contributed by atoms with van der Waals surface area (Å²) < 4.78 is 0. The van der Waals surface area contributed by atoms with Crippen molar-refractivity contribution in [3.63, 3.8) is 0 Å². The van der Waals surface area contributed by atoms with E-state index in [1.807, 2.05) is 20.8 Å². The standard InChI is InChI=1S/C10H20OS/c1-7(2)6-12-9(5)10(11)8(3)4/h7-9H,6H2,1-5H3. The summed E-state index contributed by atoms with van der Waals surface area (Å²) in [4.78, 5) is 11.4. The van der Waals surface area contributed by atoms with Crippen molar-refractivity contribution in [2.75, 3.05) is 5.75 Å². The van der Waals surface area contributed by atoms with E-state index in [1.54, 1.807) is 11.8 Å². The summed E-state index contributed by atoms with van der Waals surface area (Å²) in [6.45, 7) is 10.3. The minimum atomic E-state index is 0.174. The monoisotopic (exact) mass is 188 g/mol. The van der Waals surface area contributed by atoms with Crippen LogP contribution in [0.15, 0.2) is 0 Å². The SMILES string of the molecule is CC(C)CSC(C)C(=O)C(C)C. The zero-order valence-electron chi connectivity index (χ0n) is 8.76. The number of Topliss-reactive ketones (excluding diaryl/α,β-unsaturated/α-hetero) is 1. The number of ketones is 1. The summed E-state index contributed by atoms with van der Waals surface area (Å²) in [7, 11) is 0. The van der Waals surface area contributed by atoms with Crippen molar-refractivity contribution in [2.45, 2.75) is 39.9 Å². The van der Waals surface area contributed by atoms with Crippen LogP contribution >= 0.6 is 11.8 Å². The van der Waals surface area contributed by atoms with Crippen molar-refractivity contribution < 1.29 is 4.79 Å². The molecule has 1 unspecified atom stereocenters. The van der Waals surface area contributed by atoms with Gasteiger partial charge in [-0.25, -0.2) is 0 Å². The molecule has 72 valence electrons. The average molecular weight is 188 g/mol. The number of hydrogen-bond donors (Lipinski definition) is 0. The Hall–Kier alpha value is 0.0200. The molecule has 1 atom stereocenters. The maximum Gasteiger partial charge on any atom is 0.148 e. The van der Waals surface area contributed by atoms with Gasteiger partial charge in [0.05, 0.1) is 5.25 Å². The molecule has 1 nitrogen and oxygen atoms in total. The van der Waals surface area contributed by atoms with Crippen LogP contribution in [0.2, 0.25) is 0 Å². The lowest BCUT2D eigenvalue weighted by Crippen LogP contribution is -2.20. The Morgan fingerprint density at radius 3 is 2.00 bits per heavy atom. The summed E-state index contributed by atoms with van der Waals surface area (Å²) >= 11 is 1.77. The van der Waals surface area contributed by atoms with Crippen molar-refractivity contribution in [3.05, 3.63) is 0 Å². The van der Waals surface area contributed by atoms with Gasteiger partial charge in [-0.15, -0.1) is 0 Å². The molecule has 0 saturated heterocycles. The molecule has 0 aromatic carbocycles. The molecule has 0 N–H and O–H groups in total. The van der Waals surface area contributed by atoms with Gasteiger partial charge in [-0.05, 0) is 18.6 Å². The van der Waals surface area contributed by atoms with Gasteiger partial charge in [0.25, 0.3) is 0 Å². The van der Waals surface area contributed by atoms with Crippen molar-refractivity contribution in [1.82, 2.24) is 0 Å². The van der Waals surface area contributed by atoms with E-state index in [4.69, 9.17) is 0 Å². The fourth-order valence-electron chi connectivity index (χ4n) is 0.888. The van der Waals surface area contributed by atoms with Crippen molar-refractivity contribution in [3.8, 4) is 0 Å². The van der Waals surface area contributed by atoms with E-state index in [9.17, 15) is 4.79 Å². The van der Waals surface area contributed by atoms with Gasteiger partial charge >= 0.3 is 0 Å². The van der Waals surface area contributed by atoms with Crippen molar-refractivity contribution in [1.29, 1.82) is 0 Å². The summed E-state index contributed by atoms with van der Waals surface area (Å²) in [5.74, 6) is 2.32. The number of thioether (sulfide) groups is 1. The van der Waals surface area contributed by atoms with Crippen LogP contribution in [0.4, 0.5) is 0 Å². The molecule has 0 saturated carbocycles. The summed E-state index contributed by atoms with van der Waals surface area (Å²) in [5.41, 5.74) is 0. The first-order chi connectivity index (χ1) is 5.45. The number of hydrogen-bond acceptors (Lipinski definition) is 2. The van der Waals surface area contributed by atoms with Crippen molar-refractivity contribution in [2.24, 2.45) is 11.8 Å². The van der Waals surface area contributed by atoms with Gasteiger partial charge in [-0.2, -0.15) is 11.8 Å². The highest BCUT2D eigenvalue weighted by Gasteiger charge is 2.16. The predicted molar refractivity (Wildman–Crippen MR) is 56.6 cm³/mol. The third-order valence-corrected chi connectivity index (χ3v) is 3.24. The van der Waals surface area contributed by atoms with E-state index in [-0.39, 0.29) is 11.2 Å². The average Bonchev–Trinajstić information content (AvgIpc) is 1.98. The molecule has 0 bridgehead atoms. The first kappa shape index (κ1) is 12.0. The third-order valence-electron chi connectivity index (χ3n) is 1.65. The zero-order valence-corrected chi connectivity index (χ0v) is 9.57. The van der Waals surface area contributed by atoms with Crippen LogP contribution in [0.5, 0.6) is 0 Å². The van der Waals surface area contributed by atoms with Crippen molar-refractivity contribution >= 4 is 17.5 Å². The molecule has 2 heteroatoms. The minimum Gasteiger partial charge on any atom is -0.298 e. The van der Waals surface area contributed by atoms with E-state index in [0.717, 1.165) is 5.75 Å². The molecule has 0 aromatic rings. The second kappa shape index (κ2) is 5.63. The lowest BCUT2D eigenvalue weighted by atomic mass is 10.1. The maximum atomic E-state index is 11.4. The summed E-state index contributed by atoms with van der Waals surface area (Å²) in [6, 6.07) is 0. The normalized spacial score (nSPS) is 13.9. The van der Waals surface area contributed by atoms with Gasteiger partial charge in [0, 0.05) is 5.92 Å². The Morgan fingerprint density at radius 1 is 1.17 bits per heavy atom. The molecule has 0 heterocycles. The maximum absolute atomic E-state index is 11.4. The third kappa shape index (κ3) is 4.81. The molecule has 0 rings (SSSR count). The largest absolute Gasteiger partial charge is 0.298 e. The van der Waals surface area contributed by atoms with Crippen LogP contribution in [0, 0.1) is 11.8 Å². The highest BCUT2D eigenvalue weighted by Crippen LogP contribution is 2.17. The lowest BCUT2D eigenvalue weighted by molar-refractivity contribution is -0.121. The molecule has 0 aliphatic heterocycles. The molecular weight excluding hydrogens is 168 g/mol. The quantitative estimate of drug-likeness (QED) is 0.660. The Labute approximate surface area is 80.3 Å². The molecule has 0 spiro atoms. The molecule has 0 aliphatic rings. The molecular formula is C10H20OS.